The van der Waals surface area contributed by atoms with E-state index in [9.17, 15) is 5.11 Å². The van der Waals surface area contributed by atoms with Crippen LogP contribution in [0, 0.1) is 0 Å². The summed E-state index contributed by atoms with van der Waals surface area (Å²) in [6.07, 6.45) is 1.93. The highest BCUT2D eigenvalue weighted by Crippen LogP contribution is 2.27. The minimum absolute atomic E-state index is 0.340. The molecule has 0 radical (unpaired) electrons. The summed E-state index contributed by atoms with van der Waals surface area (Å²) in [6, 6.07) is 8.06. The van der Waals surface area contributed by atoms with Gasteiger partial charge in [-0.1, -0.05) is 6.07 Å². The van der Waals surface area contributed by atoms with E-state index < -0.39 is 6.10 Å². The standard InChI is InChI=1S/C14H16Br2N2O/c1-9(2)18-6-5-11(17-18)8-14(19)10-3-4-12(15)13(16)7-10/h3-7,9,14,19H,8H2,1-2H3. The lowest BCUT2D eigenvalue weighted by molar-refractivity contribution is 0.176. The van der Waals surface area contributed by atoms with E-state index in [-0.39, 0.29) is 0 Å². The van der Waals surface area contributed by atoms with Gasteiger partial charge in [0.2, 0.25) is 0 Å². The molecule has 0 fully saturated rings. The van der Waals surface area contributed by atoms with E-state index in [1.54, 1.807) is 0 Å². The molecule has 102 valence electrons. The summed E-state index contributed by atoms with van der Waals surface area (Å²) in [4.78, 5) is 0. The van der Waals surface area contributed by atoms with E-state index in [1.807, 2.05) is 35.1 Å². The zero-order valence-corrected chi connectivity index (χ0v) is 14.0. The molecule has 3 nitrogen and oxygen atoms in total. The molecule has 1 unspecified atom stereocenters. The number of aromatic nitrogens is 2. The van der Waals surface area contributed by atoms with Crippen molar-refractivity contribution in [2.45, 2.75) is 32.4 Å². The minimum Gasteiger partial charge on any atom is -0.388 e. The summed E-state index contributed by atoms with van der Waals surface area (Å²) in [5.74, 6) is 0. The fraction of sp³-hybridized carbons (Fsp3) is 0.357. The topological polar surface area (TPSA) is 38.0 Å². The van der Waals surface area contributed by atoms with Gasteiger partial charge in [0.25, 0.3) is 0 Å². The van der Waals surface area contributed by atoms with Crippen molar-refractivity contribution in [2.24, 2.45) is 0 Å². The molecule has 0 bridgehead atoms. The van der Waals surface area contributed by atoms with Gasteiger partial charge in [-0.05, 0) is 69.5 Å². The van der Waals surface area contributed by atoms with Crippen LogP contribution in [0.3, 0.4) is 0 Å². The van der Waals surface area contributed by atoms with Crippen molar-refractivity contribution in [3.05, 3.63) is 50.7 Å². The van der Waals surface area contributed by atoms with E-state index in [4.69, 9.17) is 0 Å². The van der Waals surface area contributed by atoms with Gasteiger partial charge < -0.3 is 5.11 Å². The molecular weight excluding hydrogens is 372 g/mol. The number of rotatable bonds is 4. The van der Waals surface area contributed by atoms with Crippen LogP contribution in [0.15, 0.2) is 39.4 Å². The molecule has 0 saturated carbocycles. The van der Waals surface area contributed by atoms with E-state index in [0.717, 1.165) is 20.2 Å². The molecule has 1 heterocycles. The Morgan fingerprint density at radius 1 is 1.21 bits per heavy atom. The first kappa shape index (κ1) is 14.8. The van der Waals surface area contributed by atoms with Crippen molar-refractivity contribution >= 4 is 31.9 Å². The lowest BCUT2D eigenvalue weighted by Crippen LogP contribution is -2.05. The fourth-order valence-corrected chi connectivity index (χ4v) is 2.45. The van der Waals surface area contributed by atoms with Crippen molar-refractivity contribution in [1.82, 2.24) is 9.78 Å². The summed E-state index contributed by atoms with van der Waals surface area (Å²) in [5, 5.41) is 14.7. The molecular formula is C14H16Br2N2O. The predicted octanol–water partition coefficient (Wildman–Crippen LogP) is 4.27. The maximum absolute atomic E-state index is 10.3. The highest BCUT2D eigenvalue weighted by molar-refractivity contribution is 9.13. The van der Waals surface area contributed by atoms with Crippen LogP contribution >= 0.6 is 31.9 Å². The molecule has 0 aliphatic carbocycles. The number of hydrogen-bond acceptors (Lipinski definition) is 2. The second-order valence-corrected chi connectivity index (χ2v) is 6.48. The number of aliphatic hydroxyl groups excluding tert-OH is 1. The van der Waals surface area contributed by atoms with Crippen LogP contribution in [0.25, 0.3) is 0 Å². The minimum atomic E-state index is -0.542. The maximum Gasteiger partial charge on any atom is 0.0846 e. The Morgan fingerprint density at radius 3 is 2.53 bits per heavy atom. The monoisotopic (exact) mass is 386 g/mol. The van der Waals surface area contributed by atoms with E-state index >= 15 is 0 Å². The van der Waals surface area contributed by atoms with Crippen molar-refractivity contribution < 1.29 is 5.11 Å². The molecule has 5 heteroatoms. The van der Waals surface area contributed by atoms with Crippen molar-refractivity contribution in [3.63, 3.8) is 0 Å². The molecule has 19 heavy (non-hydrogen) atoms. The second-order valence-electron chi connectivity index (χ2n) is 4.77. The van der Waals surface area contributed by atoms with Crippen LogP contribution in [-0.4, -0.2) is 14.9 Å². The summed E-state index contributed by atoms with van der Waals surface area (Å²) in [6.45, 7) is 4.16. The highest BCUT2D eigenvalue weighted by Gasteiger charge is 2.12. The van der Waals surface area contributed by atoms with E-state index in [0.29, 0.717) is 12.5 Å². The zero-order valence-electron chi connectivity index (χ0n) is 10.8. The fourth-order valence-electron chi connectivity index (χ4n) is 1.81. The zero-order chi connectivity index (χ0) is 14.0. The summed E-state index contributed by atoms with van der Waals surface area (Å²) < 4.78 is 3.82. The highest BCUT2D eigenvalue weighted by atomic mass is 79.9. The van der Waals surface area contributed by atoms with Crippen molar-refractivity contribution in [2.75, 3.05) is 0 Å². The van der Waals surface area contributed by atoms with Crippen molar-refractivity contribution in [1.29, 1.82) is 0 Å². The third-order valence-electron chi connectivity index (χ3n) is 2.92. The van der Waals surface area contributed by atoms with Gasteiger partial charge in [-0.2, -0.15) is 5.10 Å². The molecule has 1 aromatic heterocycles. The molecule has 2 rings (SSSR count). The average Bonchev–Trinajstić information content (AvgIpc) is 2.81. The molecule has 0 amide bonds. The number of hydrogen-bond donors (Lipinski definition) is 1. The Labute approximate surface area is 129 Å². The van der Waals surface area contributed by atoms with Gasteiger partial charge in [-0.15, -0.1) is 0 Å². The van der Waals surface area contributed by atoms with Crippen LogP contribution in [-0.2, 0) is 6.42 Å². The van der Waals surface area contributed by atoms with Crippen molar-refractivity contribution in [3.8, 4) is 0 Å². The Morgan fingerprint density at radius 2 is 1.95 bits per heavy atom. The average molecular weight is 388 g/mol. The third kappa shape index (κ3) is 3.68. The van der Waals surface area contributed by atoms with Crippen LogP contribution in [0.4, 0.5) is 0 Å². The van der Waals surface area contributed by atoms with E-state index in [1.165, 1.54) is 0 Å². The summed E-state index contributed by atoms with van der Waals surface area (Å²) in [7, 11) is 0. The first-order chi connectivity index (χ1) is 8.97. The number of benzene rings is 1. The Kier molecular flexibility index (Phi) is 4.81. The Hall–Kier alpha value is -0.650. The molecule has 1 atom stereocenters. The molecule has 0 saturated heterocycles. The van der Waals surface area contributed by atoms with Crippen LogP contribution in [0.1, 0.15) is 37.3 Å². The number of halogens is 2. The Balaban J connectivity index is 2.11. The molecule has 2 aromatic rings. The van der Waals surface area contributed by atoms with Gasteiger partial charge in [0.1, 0.15) is 0 Å². The predicted molar refractivity (Wildman–Crippen MR) is 83.1 cm³/mol. The molecule has 1 aromatic carbocycles. The van der Waals surface area contributed by atoms with Crippen LogP contribution in [0.2, 0.25) is 0 Å². The van der Waals surface area contributed by atoms with Gasteiger partial charge >= 0.3 is 0 Å². The normalized spacial score (nSPS) is 12.9. The smallest absolute Gasteiger partial charge is 0.0846 e. The van der Waals surface area contributed by atoms with Crippen LogP contribution in [0.5, 0.6) is 0 Å². The lowest BCUT2D eigenvalue weighted by Gasteiger charge is -2.11. The molecule has 0 aliphatic heterocycles. The van der Waals surface area contributed by atoms with Gasteiger partial charge in [0.15, 0.2) is 0 Å². The van der Waals surface area contributed by atoms with Gasteiger partial charge in [0, 0.05) is 27.6 Å². The summed E-state index contributed by atoms with van der Waals surface area (Å²) >= 11 is 6.87. The van der Waals surface area contributed by atoms with E-state index in [2.05, 4.69) is 50.8 Å². The first-order valence-electron chi connectivity index (χ1n) is 6.14. The Bertz CT molecular complexity index is 566. The van der Waals surface area contributed by atoms with Gasteiger partial charge in [-0.25, -0.2) is 0 Å². The third-order valence-corrected chi connectivity index (χ3v) is 4.80. The number of nitrogens with zero attached hydrogens (tertiary/aromatic N) is 2. The SMILES string of the molecule is CC(C)n1ccc(CC(O)c2ccc(Br)c(Br)c2)n1. The lowest BCUT2D eigenvalue weighted by atomic mass is 10.1. The maximum atomic E-state index is 10.3. The second kappa shape index (κ2) is 6.20. The first-order valence-corrected chi connectivity index (χ1v) is 7.73. The molecule has 0 aliphatic rings. The molecule has 1 N–H and O–H groups in total. The number of aliphatic hydroxyl groups is 1. The molecule has 0 spiro atoms. The van der Waals surface area contributed by atoms with Crippen LogP contribution < -0.4 is 0 Å². The quantitative estimate of drug-likeness (QED) is 0.850. The van der Waals surface area contributed by atoms with Gasteiger partial charge in [0.05, 0.1) is 11.8 Å². The largest absolute Gasteiger partial charge is 0.388 e. The summed E-state index contributed by atoms with van der Waals surface area (Å²) in [5.41, 5.74) is 1.79. The van der Waals surface area contributed by atoms with Gasteiger partial charge in [-0.3, -0.25) is 4.68 Å².